The molecule has 0 saturated heterocycles. The SMILES string of the molecule is CCC(CC)(c1nnc(C)o1)P(=O)(O)O. The maximum Gasteiger partial charge on any atom is 0.340 e. The molecule has 1 heterocycles. The number of nitrogens with zero attached hydrogens (tertiary/aromatic N) is 2. The fourth-order valence-electron chi connectivity index (χ4n) is 1.57. The van der Waals surface area contributed by atoms with Gasteiger partial charge in [-0.25, -0.2) is 0 Å². The Morgan fingerprint density at radius 3 is 2.13 bits per heavy atom. The molecule has 0 spiro atoms. The maximum absolute atomic E-state index is 11.5. The zero-order valence-corrected chi connectivity index (χ0v) is 9.86. The summed E-state index contributed by atoms with van der Waals surface area (Å²) >= 11 is 0. The smallest absolute Gasteiger partial charge is 0.340 e. The van der Waals surface area contributed by atoms with Crippen LogP contribution in [0.3, 0.4) is 0 Å². The van der Waals surface area contributed by atoms with Gasteiger partial charge in [0.1, 0.15) is 5.16 Å². The summed E-state index contributed by atoms with van der Waals surface area (Å²) in [5, 5.41) is 5.98. The highest BCUT2D eigenvalue weighted by atomic mass is 31.2. The van der Waals surface area contributed by atoms with Gasteiger partial charge in [0.15, 0.2) is 0 Å². The minimum atomic E-state index is -4.31. The molecule has 0 saturated carbocycles. The van der Waals surface area contributed by atoms with Crippen molar-refractivity contribution in [2.24, 2.45) is 0 Å². The van der Waals surface area contributed by atoms with Crippen molar-refractivity contribution < 1.29 is 18.8 Å². The summed E-state index contributed by atoms with van der Waals surface area (Å²) in [6.45, 7) is 4.98. The van der Waals surface area contributed by atoms with Gasteiger partial charge in [0.2, 0.25) is 11.8 Å². The monoisotopic (exact) mass is 234 g/mol. The Morgan fingerprint density at radius 1 is 1.33 bits per heavy atom. The highest BCUT2D eigenvalue weighted by Crippen LogP contribution is 2.60. The second-order valence-corrected chi connectivity index (χ2v) is 5.35. The molecule has 0 aliphatic rings. The first-order valence-electron chi connectivity index (χ1n) is 4.73. The van der Waals surface area contributed by atoms with E-state index in [1.807, 2.05) is 0 Å². The summed E-state index contributed by atoms with van der Waals surface area (Å²) in [6, 6.07) is 0. The van der Waals surface area contributed by atoms with Crippen molar-refractivity contribution in [3.8, 4) is 0 Å². The standard InChI is InChI=1S/C8H15N2O4P/c1-4-8(5-2,15(11,12)13)7-10-9-6(3)14-7/h4-5H2,1-3H3,(H2,11,12,13). The molecule has 6 nitrogen and oxygen atoms in total. The predicted octanol–water partition coefficient (Wildman–Crippen LogP) is 1.57. The quantitative estimate of drug-likeness (QED) is 0.767. The van der Waals surface area contributed by atoms with Crippen LogP contribution < -0.4 is 0 Å². The number of rotatable bonds is 4. The number of aromatic nitrogens is 2. The third-order valence-electron chi connectivity index (χ3n) is 2.65. The average molecular weight is 234 g/mol. The van der Waals surface area contributed by atoms with E-state index >= 15 is 0 Å². The van der Waals surface area contributed by atoms with Crippen molar-refractivity contribution >= 4 is 7.60 Å². The van der Waals surface area contributed by atoms with Crippen LogP contribution in [0.2, 0.25) is 0 Å². The zero-order chi connectivity index (χ0) is 11.7. The first-order valence-corrected chi connectivity index (χ1v) is 6.35. The molecule has 1 aromatic heterocycles. The van der Waals surface area contributed by atoms with Crippen LogP contribution in [-0.2, 0) is 9.72 Å². The molecule has 0 aliphatic carbocycles. The topological polar surface area (TPSA) is 96.5 Å². The molecular weight excluding hydrogens is 219 g/mol. The Morgan fingerprint density at radius 2 is 1.87 bits per heavy atom. The van der Waals surface area contributed by atoms with E-state index in [-0.39, 0.29) is 18.7 Å². The summed E-state index contributed by atoms with van der Waals surface area (Å²) in [4.78, 5) is 18.7. The van der Waals surface area contributed by atoms with Crippen LogP contribution >= 0.6 is 7.60 Å². The minimum Gasteiger partial charge on any atom is -0.424 e. The fraction of sp³-hybridized carbons (Fsp3) is 0.750. The van der Waals surface area contributed by atoms with Crippen LogP contribution in [-0.4, -0.2) is 20.0 Å². The Labute approximate surface area is 87.9 Å². The van der Waals surface area contributed by atoms with Crippen molar-refractivity contribution in [2.75, 3.05) is 0 Å². The minimum absolute atomic E-state index is 0.0262. The number of hydrogen-bond acceptors (Lipinski definition) is 4. The number of aryl methyl sites for hydroxylation is 1. The predicted molar refractivity (Wildman–Crippen MR) is 53.3 cm³/mol. The van der Waals surface area contributed by atoms with E-state index in [1.54, 1.807) is 20.8 Å². The van der Waals surface area contributed by atoms with Crippen molar-refractivity contribution in [3.63, 3.8) is 0 Å². The van der Waals surface area contributed by atoms with Gasteiger partial charge in [0, 0.05) is 6.92 Å². The van der Waals surface area contributed by atoms with E-state index in [1.165, 1.54) is 0 Å². The molecule has 0 amide bonds. The molecule has 0 fully saturated rings. The first-order chi connectivity index (χ1) is 6.87. The van der Waals surface area contributed by atoms with Crippen molar-refractivity contribution in [1.82, 2.24) is 10.2 Å². The normalized spacial score (nSPS) is 13.1. The van der Waals surface area contributed by atoms with Crippen molar-refractivity contribution in [1.29, 1.82) is 0 Å². The van der Waals surface area contributed by atoms with Crippen LogP contribution in [0.4, 0.5) is 0 Å². The Bertz CT molecular complexity index is 380. The average Bonchev–Trinajstić information content (AvgIpc) is 2.53. The second kappa shape index (κ2) is 4.04. The summed E-state index contributed by atoms with van der Waals surface area (Å²) < 4.78 is 16.6. The molecule has 0 unspecified atom stereocenters. The van der Waals surface area contributed by atoms with Crippen molar-refractivity contribution in [2.45, 2.75) is 38.8 Å². The lowest BCUT2D eigenvalue weighted by molar-refractivity contribution is 0.282. The third kappa shape index (κ3) is 1.97. The molecule has 0 bridgehead atoms. The molecule has 1 rings (SSSR count). The van der Waals surface area contributed by atoms with E-state index in [4.69, 9.17) is 4.42 Å². The molecule has 7 heteroatoms. The highest BCUT2D eigenvalue weighted by Gasteiger charge is 2.49. The van der Waals surface area contributed by atoms with E-state index in [2.05, 4.69) is 10.2 Å². The van der Waals surface area contributed by atoms with Gasteiger partial charge < -0.3 is 14.2 Å². The van der Waals surface area contributed by atoms with E-state index in [0.29, 0.717) is 5.89 Å². The van der Waals surface area contributed by atoms with E-state index < -0.39 is 12.8 Å². The third-order valence-corrected chi connectivity index (χ3v) is 4.59. The molecule has 2 N–H and O–H groups in total. The molecule has 86 valence electrons. The van der Waals surface area contributed by atoms with Crippen LogP contribution in [0.25, 0.3) is 0 Å². The molecule has 1 aromatic rings. The van der Waals surface area contributed by atoms with Gasteiger partial charge in [-0.3, -0.25) is 4.57 Å². The van der Waals surface area contributed by atoms with Crippen LogP contribution in [0, 0.1) is 6.92 Å². The van der Waals surface area contributed by atoms with Crippen molar-refractivity contribution in [3.05, 3.63) is 11.8 Å². The van der Waals surface area contributed by atoms with Gasteiger partial charge in [0.05, 0.1) is 0 Å². The lowest BCUT2D eigenvalue weighted by Gasteiger charge is -2.28. The molecule has 0 aliphatic heterocycles. The Hall–Kier alpha value is -0.710. The lowest BCUT2D eigenvalue weighted by atomic mass is 10.0. The molecule has 0 aromatic carbocycles. The van der Waals surface area contributed by atoms with Gasteiger partial charge in [-0.15, -0.1) is 10.2 Å². The largest absolute Gasteiger partial charge is 0.424 e. The van der Waals surface area contributed by atoms with Crippen LogP contribution in [0.1, 0.15) is 38.5 Å². The first kappa shape index (κ1) is 12.4. The van der Waals surface area contributed by atoms with Gasteiger partial charge in [-0.2, -0.15) is 0 Å². The van der Waals surface area contributed by atoms with E-state index in [9.17, 15) is 14.4 Å². The van der Waals surface area contributed by atoms with E-state index in [0.717, 1.165) is 0 Å². The second-order valence-electron chi connectivity index (χ2n) is 3.41. The molecular formula is C8H15N2O4P. The van der Waals surface area contributed by atoms with Gasteiger partial charge in [0.25, 0.3) is 0 Å². The summed E-state index contributed by atoms with van der Waals surface area (Å²) in [7, 11) is -4.31. The van der Waals surface area contributed by atoms with Gasteiger partial charge >= 0.3 is 7.60 Å². The Kier molecular flexibility index (Phi) is 3.33. The summed E-state index contributed by atoms with van der Waals surface area (Å²) in [5.74, 6) is 0.336. The number of hydrogen-bond donors (Lipinski definition) is 2. The van der Waals surface area contributed by atoms with Crippen LogP contribution in [0.5, 0.6) is 0 Å². The zero-order valence-electron chi connectivity index (χ0n) is 8.97. The van der Waals surface area contributed by atoms with Gasteiger partial charge in [-0.05, 0) is 12.8 Å². The fourth-order valence-corrected chi connectivity index (χ4v) is 2.74. The summed E-state index contributed by atoms with van der Waals surface area (Å²) in [6.07, 6.45) is 0.519. The van der Waals surface area contributed by atoms with Crippen LogP contribution in [0.15, 0.2) is 4.42 Å². The molecule has 15 heavy (non-hydrogen) atoms. The Balaban J connectivity index is 3.29. The van der Waals surface area contributed by atoms with Gasteiger partial charge in [-0.1, -0.05) is 13.8 Å². The highest BCUT2D eigenvalue weighted by molar-refractivity contribution is 7.53. The lowest BCUT2D eigenvalue weighted by Crippen LogP contribution is -2.25. The summed E-state index contributed by atoms with van der Waals surface area (Å²) in [5.41, 5.74) is 0. The maximum atomic E-state index is 11.5. The molecule has 0 atom stereocenters. The molecule has 0 radical (unpaired) electrons.